The van der Waals surface area contributed by atoms with Crippen molar-refractivity contribution in [2.45, 2.75) is 18.9 Å². The zero-order chi connectivity index (χ0) is 12.6. The van der Waals surface area contributed by atoms with E-state index in [0.717, 1.165) is 5.75 Å². The fourth-order valence-electron chi connectivity index (χ4n) is 1.08. The predicted octanol–water partition coefficient (Wildman–Crippen LogP) is 0.0602. The van der Waals surface area contributed by atoms with Crippen molar-refractivity contribution >= 4 is 27.8 Å². The summed E-state index contributed by atoms with van der Waals surface area (Å²) in [7, 11) is -3.95. The third-order valence-electron chi connectivity index (χ3n) is 1.88. The zero-order valence-corrected chi connectivity index (χ0v) is 10.7. The van der Waals surface area contributed by atoms with Crippen LogP contribution in [0.4, 0.5) is 0 Å². The molecule has 0 saturated carbocycles. The quantitative estimate of drug-likeness (QED) is 0.402. The first-order chi connectivity index (χ1) is 7.37. The Morgan fingerprint density at radius 3 is 2.56 bits per heavy atom. The molecule has 0 aliphatic heterocycles. The molecule has 0 aromatic carbocycles. The van der Waals surface area contributed by atoms with Crippen LogP contribution in [-0.4, -0.2) is 54.4 Å². The van der Waals surface area contributed by atoms with Gasteiger partial charge in [-0.05, 0) is 31.4 Å². The lowest BCUT2D eigenvalue weighted by Crippen LogP contribution is -2.38. The summed E-state index contributed by atoms with van der Waals surface area (Å²) in [4.78, 5) is 10.8. The molecule has 0 aliphatic carbocycles. The minimum absolute atomic E-state index is 0.196. The van der Waals surface area contributed by atoms with E-state index in [-0.39, 0.29) is 18.7 Å². The van der Waals surface area contributed by atoms with Gasteiger partial charge < -0.3 is 10.4 Å². The summed E-state index contributed by atoms with van der Waals surface area (Å²) in [5.74, 6) is -0.571. The predicted molar refractivity (Wildman–Crippen MR) is 63.5 cm³/mol. The van der Waals surface area contributed by atoms with Crippen LogP contribution < -0.4 is 5.32 Å². The van der Waals surface area contributed by atoms with E-state index in [4.69, 9.17) is 9.66 Å². The van der Waals surface area contributed by atoms with Crippen molar-refractivity contribution in [3.05, 3.63) is 0 Å². The average Bonchev–Trinajstić information content (AvgIpc) is 2.14. The third-order valence-corrected chi connectivity index (χ3v) is 3.33. The lowest BCUT2D eigenvalue weighted by atomic mass is 10.2. The van der Waals surface area contributed by atoms with E-state index in [0.29, 0.717) is 6.42 Å². The maximum Gasteiger partial charge on any atom is 0.320 e. The van der Waals surface area contributed by atoms with Crippen LogP contribution in [0, 0.1) is 0 Å². The van der Waals surface area contributed by atoms with Crippen molar-refractivity contribution in [2.24, 2.45) is 0 Å². The van der Waals surface area contributed by atoms with Crippen LogP contribution in [0.2, 0.25) is 0 Å². The molecule has 0 spiro atoms. The van der Waals surface area contributed by atoms with Gasteiger partial charge in [-0.2, -0.15) is 20.2 Å². The molecule has 0 saturated heterocycles. The first kappa shape index (κ1) is 15.7. The Morgan fingerprint density at radius 2 is 2.12 bits per heavy atom. The molecule has 96 valence electrons. The van der Waals surface area contributed by atoms with Gasteiger partial charge in [-0.1, -0.05) is 0 Å². The molecular formula is C8H17NO5S2. The van der Waals surface area contributed by atoms with Gasteiger partial charge in [0.25, 0.3) is 10.1 Å². The van der Waals surface area contributed by atoms with Crippen molar-refractivity contribution < 1.29 is 22.9 Å². The van der Waals surface area contributed by atoms with Crippen molar-refractivity contribution in [3.63, 3.8) is 0 Å². The minimum Gasteiger partial charge on any atom is -0.480 e. The number of nitrogens with one attached hydrogen (secondary N) is 1. The summed E-state index contributed by atoms with van der Waals surface area (Å²) >= 11 is 1.55. The van der Waals surface area contributed by atoms with Crippen LogP contribution in [0.3, 0.4) is 0 Å². The number of thioether (sulfide) groups is 1. The molecule has 1 atom stereocenters. The summed E-state index contributed by atoms with van der Waals surface area (Å²) < 4.78 is 29.2. The Kier molecular flexibility index (Phi) is 7.73. The fourth-order valence-corrected chi connectivity index (χ4v) is 2.06. The van der Waals surface area contributed by atoms with Gasteiger partial charge in [0, 0.05) is 0 Å². The highest BCUT2D eigenvalue weighted by molar-refractivity contribution is 7.98. The van der Waals surface area contributed by atoms with E-state index in [1.807, 2.05) is 6.26 Å². The lowest BCUT2D eigenvalue weighted by molar-refractivity contribution is -0.139. The summed E-state index contributed by atoms with van der Waals surface area (Å²) in [6.07, 6.45) is 2.57. The number of rotatable bonds is 9. The van der Waals surface area contributed by atoms with Crippen molar-refractivity contribution in [1.29, 1.82) is 0 Å². The topological polar surface area (TPSA) is 104 Å². The van der Waals surface area contributed by atoms with E-state index >= 15 is 0 Å². The van der Waals surface area contributed by atoms with Gasteiger partial charge in [0.15, 0.2) is 0 Å². The Morgan fingerprint density at radius 1 is 1.50 bits per heavy atom. The van der Waals surface area contributed by atoms with Crippen molar-refractivity contribution in [3.8, 4) is 0 Å². The van der Waals surface area contributed by atoms with Crippen LogP contribution in [0.5, 0.6) is 0 Å². The SMILES string of the molecule is CSCC[C@@H](NCCCS(=O)(=O)O)C(=O)O. The maximum atomic E-state index is 10.8. The lowest BCUT2D eigenvalue weighted by Gasteiger charge is -2.13. The summed E-state index contributed by atoms with van der Waals surface area (Å²) in [6.45, 7) is 0.255. The first-order valence-corrected chi connectivity index (χ1v) is 7.77. The monoisotopic (exact) mass is 271 g/mol. The molecule has 6 nitrogen and oxygen atoms in total. The van der Waals surface area contributed by atoms with E-state index in [1.54, 1.807) is 11.8 Å². The second-order valence-corrected chi connectivity index (χ2v) is 5.82. The molecule has 16 heavy (non-hydrogen) atoms. The first-order valence-electron chi connectivity index (χ1n) is 4.77. The molecule has 0 heterocycles. The van der Waals surface area contributed by atoms with Crippen molar-refractivity contribution in [1.82, 2.24) is 5.32 Å². The number of aliphatic carboxylic acids is 1. The maximum absolute atomic E-state index is 10.8. The van der Waals surface area contributed by atoms with Crippen LogP contribution in [0.15, 0.2) is 0 Å². The summed E-state index contributed by atoms with van der Waals surface area (Å²) in [5.41, 5.74) is 0. The molecule has 0 aromatic heterocycles. The molecule has 3 N–H and O–H groups in total. The Labute approximate surface area is 99.6 Å². The fraction of sp³-hybridized carbons (Fsp3) is 0.875. The van der Waals surface area contributed by atoms with Crippen molar-refractivity contribution in [2.75, 3.05) is 24.3 Å². The zero-order valence-electron chi connectivity index (χ0n) is 9.05. The highest BCUT2D eigenvalue weighted by Gasteiger charge is 2.15. The Bertz CT molecular complexity index is 304. The number of carboxylic acids is 1. The van der Waals surface area contributed by atoms with Crippen LogP contribution >= 0.6 is 11.8 Å². The van der Waals surface area contributed by atoms with Crippen LogP contribution in [0.1, 0.15) is 12.8 Å². The molecule has 0 fully saturated rings. The standard InChI is InChI=1S/C8H17NO5S2/c1-15-5-3-7(8(10)11)9-4-2-6-16(12,13)14/h7,9H,2-6H2,1H3,(H,10,11)(H,12,13,14)/t7-/m1/s1. The van der Waals surface area contributed by atoms with Crippen LogP contribution in [0.25, 0.3) is 0 Å². The molecule has 0 unspecified atom stereocenters. The second-order valence-electron chi connectivity index (χ2n) is 3.27. The number of hydrogen-bond donors (Lipinski definition) is 3. The molecular weight excluding hydrogens is 254 g/mol. The largest absolute Gasteiger partial charge is 0.480 e. The van der Waals surface area contributed by atoms with Gasteiger partial charge >= 0.3 is 5.97 Å². The number of hydrogen-bond acceptors (Lipinski definition) is 5. The average molecular weight is 271 g/mol. The van der Waals surface area contributed by atoms with E-state index in [1.165, 1.54) is 0 Å². The highest BCUT2D eigenvalue weighted by Crippen LogP contribution is 2.01. The summed E-state index contributed by atoms with van der Waals surface area (Å²) in [5, 5.41) is 11.6. The Balaban J connectivity index is 3.81. The number of carboxylic acid groups (broad SMARTS) is 1. The molecule has 0 aromatic rings. The normalized spacial score (nSPS) is 13.6. The van der Waals surface area contributed by atoms with Gasteiger partial charge in [-0.3, -0.25) is 9.35 Å². The molecule has 0 radical (unpaired) electrons. The smallest absolute Gasteiger partial charge is 0.320 e. The number of carbonyl (C=O) groups is 1. The van der Waals surface area contributed by atoms with Gasteiger partial charge in [-0.15, -0.1) is 0 Å². The van der Waals surface area contributed by atoms with E-state index in [9.17, 15) is 13.2 Å². The Hall–Kier alpha value is -0.310. The van der Waals surface area contributed by atoms with Gasteiger partial charge in [0.1, 0.15) is 6.04 Å². The van der Waals surface area contributed by atoms with Gasteiger partial charge in [0.05, 0.1) is 5.75 Å². The molecule has 8 heteroatoms. The minimum atomic E-state index is -3.95. The van der Waals surface area contributed by atoms with Crippen LogP contribution in [-0.2, 0) is 14.9 Å². The molecule has 0 amide bonds. The molecule has 0 bridgehead atoms. The molecule has 0 aliphatic rings. The third kappa shape index (κ3) is 8.96. The summed E-state index contributed by atoms with van der Waals surface area (Å²) in [6, 6.07) is -0.658. The van der Waals surface area contributed by atoms with E-state index in [2.05, 4.69) is 5.32 Å². The second kappa shape index (κ2) is 7.88. The van der Waals surface area contributed by atoms with E-state index < -0.39 is 22.1 Å². The molecule has 0 rings (SSSR count). The highest BCUT2D eigenvalue weighted by atomic mass is 32.2. The van der Waals surface area contributed by atoms with Gasteiger partial charge in [-0.25, -0.2) is 0 Å². The van der Waals surface area contributed by atoms with Gasteiger partial charge in [0.2, 0.25) is 0 Å².